The SMILES string of the molecule is CCOc1ccc(N([C@@H](C)C(=O)N/N=C\c2ccc(OC3CSC3)cc2)S(C)(=O)=O)cc1. The molecule has 3 rings (SSSR count). The molecule has 1 amide bonds. The molecule has 1 fully saturated rings. The molecule has 0 saturated carbocycles. The minimum absolute atomic E-state index is 0.272. The summed E-state index contributed by atoms with van der Waals surface area (Å²) >= 11 is 1.85. The number of hydrogen-bond donors (Lipinski definition) is 1. The Balaban J connectivity index is 1.62. The van der Waals surface area contributed by atoms with Crippen LogP contribution in [0.15, 0.2) is 53.6 Å². The molecule has 1 N–H and O–H groups in total. The largest absolute Gasteiger partial charge is 0.494 e. The fraction of sp³-hybridized carbons (Fsp3) is 0.364. The molecule has 1 aliphatic rings. The first-order chi connectivity index (χ1) is 15.3. The van der Waals surface area contributed by atoms with E-state index < -0.39 is 22.0 Å². The lowest BCUT2D eigenvalue weighted by molar-refractivity contribution is -0.121. The van der Waals surface area contributed by atoms with Crippen molar-refractivity contribution < 1.29 is 22.7 Å². The molecule has 10 heteroatoms. The minimum Gasteiger partial charge on any atom is -0.494 e. The zero-order valence-corrected chi connectivity index (χ0v) is 19.9. The summed E-state index contributed by atoms with van der Waals surface area (Å²) in [5, 5.41) is 3.97. The summed E-state index contributed by atoms with van der Waals surface area (Å²) in [4.78, 5) is 12.6. The fourth-order valence-electron chi connectivity index (χ4n) is 3.04. The van der Waals surface area contributed by atoms with Gasteiger partial charge in [0.05, 0.1) is 24.8 Å². The van der Waals surface area contributed by atoms with Crippen molar-refractivity contribution in [3.8, 4) is 11.5 Å². The van der Waals surface area contributed by atoms with Crippen molar-refractivity contribution in [2.24, 2.45) is 5.10 Å². The first kappa shape index (κ1) is 23.9. The Kier molecular flexibility index (Phi) is 8.03. The summed E-state index contributed by atoms with van der Waals surface area (Å²) in [6.07, 6.45) is 2.82. The molecular weight excluding hydrogens is 450 g/mol. The van der Waals surface area contributed by atoms with E-state index in [4.69, 9.17) is 9.47 Å². The summed E-state index contributed by atoms with van der Waals surface area (Å²) in [6, 6.07) is 12.9. The van der Waals surface area contributed by atoms with Gasteiger partial charge in [0, 0.05) is 11.5 Å². The number of nitrogens with zero attached hydrogens (tertiary/aromatic N) is 2. The molecule has 1 heterocycles. The molecule has 2 aromatic carbocycles. The van der Waals surface area contributed by atoms with E-state index in [1.165, 1.54) is 13.1 Å². The lowest BCUT2D eigenvalue weighted by atomic mass is 10.2. The van der Waals surface area contributed by atoms with E-state index in [1.807, 2.05) is 43.0 Å². The summed E-state index contributed by atoms with van der Waals surface area (Å²) in [5.74, 6) is 2.88. The number of benzene rings is 2. The molecule has 8 nitrogen and oxygen atoms in total. The van der Waals surface area contributed by atoms with Gasteiger partial charge in [-0.15, -0.1) is 0 Å². The fourth-order valence-corrected chi connectivity index (χ4v) is 4.77. The van der Waals surface area contributed by atoms with E-state index in [-0.39, 0.29) is 6.10 Å². The van der Waals surface area contributed by atoms with E-state index in [9.17, 15) is 13.2 Å². The van der Waals surface area contributed by atoms with Crippen molar-refractivity contribution in [1.82, 2.24) is 5.43 Å². The van der Waals surface area contributed by atoms with Gasteiger partial charge in [0.2, 0.25) is 10.0 Å². The second-order valence-electron chi connectivity index (χ2n) is 7.24. The van der Waals surface area contributed by atoms with Gasteiger partial charge in [0.1, 0.15) is 23.6 Å². The zero-order chi connectivity index (χ0) is 23.1. The van der Waals surface area contributed by atoms with Gasteiger partial charge in [0.15, 0.2) is 0 Å². The lowest BCUT2D eigenvalue weighted by Gasteiger charge is -2.27. The van der Waals surface area contributed by atoms with Crippen molar-refractivity contribution in [1.29, 1.82) is 0 Å². The number of ether oxygens (including phenoxy) is 2. The number of carbonyl (C=O) groups is 1. The molecule has 0 unspecified atom stereocenters. The molecule has 1 atom stereocenters. The minimum atomic E-state index is -3.71. The summed E-state index contributed by atoms with van der Waals surface area (Å²) in [6.45, 7) is 3.87. The van der Waals surface area contributed by atoms with E-state index in [1.54, 1.807) is 24.3 Å². The average Bonchev–Trinajstić information content (AvgIpc) is 2.72. The monoisotopic (exact) mass is 477 g/mol. The van der Waals surface area contributed by atoms with Gasteiger partial charge in [-0.2, -0.15) is 16.9 Å². The van der Waals surface area contributed by atoms with Crippen molar-refractivity contribution in [2.75, 3.05) is 28.7 Å². The van der Waals surface area contributed by atoms with Crippen LogP contribution in [0.25, 0.3) is 0 Å². The van der Waals surface area contributed by atoms with Crippen molar-refractivity contribution in [2.45, 2.75) is 26.0 Å². The maximum Gasteiger partial charge on any atom is 0.263 e. The molecule has 0 radical (unpaired) electrons. The maximum absolute atomic E-state index is 12.6. The van der Waals surface area contributed by atoms with Crippen LogP contribution >= 0.6 is 11.8 Å². The van der Waals surface area contributed by atoms with Crippen LogP contribution in [-0.4, -0.2) is 57.1 Å². The Morgan fingerprint density at radius 2 is 1.81 bits per heavy atom. The molecule has 172 valence electrons. The van der Waals surface area contributed by atoms with Gasteiger partial charge in [-0.05, 0) is 67.9 Å². The number of anilines is 1. The number of amides is 1. The molecule has 0 aromatic heterocycles. The molecule has 32 heavy (non-hydrogen) atoms. The predicted molar refractivity (Wildman–Crippen MR) is 128 cm³/mol. The highest BCUT2D eigenvalue weighted by molar-refractivity contribution is 8.00. The van der Waals surface area contributed by atoms with Gasteiger partial charge in [-0.25, -0.2) is 13.8 Å². The number of rotatable bonds is 10. The van der Waals surface area contributed by atoms with Crippen LogP contribution < -0.4 is 19.2 Å². The van der Waals surface area contributed by atoms with Crippen LogP contribution in [0.4, 0.5) is 5.69 Å². The number of thioether (sulfide) groups is 1. The smallest absolute Gasteiger partial charge is 0.263 e. The highest BCUT2D eigenvalue weighted by Gasteiger charge is 2.29. The molecule has 0 spiro atoms. The number of hydrogen-bond acceptors (Lipinski definition) is 7. The van der Waals surface area contributed by atoms with Gasteiger partial charge >= 0.3 is 0 Å². The molecule has 2 aromatic rings. The Bertz CT molecular complexity index is 1040. The normalized spacial score (nSPS) is 15.1. The van der Waals surface area contributed by atoms with Gasteiger partial charge in [0.25, 0.3) is 5.91 Å². The Morgan fingerprint density at radius 3 is 2.34 bits per heavy atom. The van der Waals surface area contributed by atoms with E-state index in [2.05, 4.69) is 10.5 Å². The van der Waals surface area contributed by atoms with Crippen LogP contribution in [0.2, 0.25) is 0 Å². The number of sulfonamides is 1. The third-order valence-electron chi connectivity index (χ3n) is 4.67. The molecule has 1 aliphatic heterocycles. The summed E-state index contributed by atoms with van der Waals surface area (Å²) < 4.78 is 37.0. The average molecular weight is 478 g/mol. The maximum atomic E-state index is 12.6. The standard InChI is InChI=1S/C22H27N3O5S2/c1-4-29-19-11-7-18(8-12-19)25(32(3,27)28)16(2)22(26)24-23-13-17-5-9-20(10-6-17)30-21-14-31-15-21/h5-13,16,21H,4,14-15H2,1-3H3,(H,24,26)/b23-13-/t16-/m0/s1. The first-order valence-electron chi connectivity index (χ1n) is 10.2. The molecule has 0 aliphatic carbocycles. The van der Waals surface area contributed by atoms with Crippen LogP contribution in [0, 0.1) is 0 Å². The Labute approximate surface area is 193 Å². The number of carbonyl (C=O) groups excluding carboxylic acids is 1. The van der Waals surface area contributed by atoms with E-state index >= 15 is 0 Å². The third kappa shape index (κ3) is 6.39. The predicted octanol–water partition coefficient (Wildman–Crippen LogP) is 2.88. The Hall–Kier alpha value is -2.72. The van der Waals surface area contributed by atoms with Gasteiger partial charge in [-0.3, -0.25) is 9.10 Å². The van der Waals surface area contributed by atoms with Crippen LogP contribution in [0.1, 0.15) is 19.4 Å². The van der Waals surface area contributed by atoms with Gasteiger partial charge in [-0.1, -0.05) is 0 Å². The quantitative estimate of drug-likeness (QED) is 0.418. The second-order valence-corrected chi connectivity index (χ2v) is 10.2. The van der Waals surface area contributed by atoms with Crippen molar-refractivity contribution in [3.05, 3.63) is 54.1 Å². The van der Waals surface area contributed by atoms with Crippen molar-refractivity contribution >= 4 is 39.6 Å². The van der Waals surface area contributed by atoms with Crippen LogP contribution in [0.3, 0.4) is 0 Å². The van der Waals surface area contributed by atoms with E-state index in [0.717, 1.165) is 33.4 Å². The van der Waals surface area contributed by atoms with Gasteiger partial charge < -0.3 is 9.47 Å². The lowest BCUT2D eigenvalue weighted by Crippen LogP contribution is -2.46. The summed E-state index contributed by atoms with van der Waals surface area (Å²) in [5.41, 5.74) is 3.56. The molecular formula is C22H27N3O5S2. The van der Waals surface area contributed by atoms with E-state index in [0.29, 0.717) is 18.0 Å². The van der Waals surface area contributed by atoms with Crippen LogP contribution in [0.5, 0.6) is 11.5 Å². The zero-order valence-electron chi connectivity index (χ0n) is 18.2. The highest BCUT2D eigenvalue weighted by Crippen LogP contribution is 2.25. The van der Waals surface area contributed by atoms with Crippen LogP contribution in [-0.2, 0) is 14.8 Å². The number of nitrogens with one attached hydrogen (secondary N) is 1. The first-order valence-corrected chi connectivity index (χ1v) is 13.2. The molecule has 0 bridgehead atoms. The number of hydrazone groups is 1. The second kappa shape index (κ2) is 10.7. The Morgan fingerprint density at radius 1 is 1.19 bits per heavy atom. The molecule has 1 saturated heterocycles. The van der Waals surface area contributed by atoms with Crippen molar-refractivity contribution in [3.63, 3.8) is 0 Å². The third-order valence-corrected chi connectivity index (χ3v) is 7.13. The summed E-state index contributed by atoms with van der Waals surface area (Å²) in [7, 11) is -3.71. The topological polar surface area (TPSA) is 97.3 Å². The highest BCUT2D eigenvalue weighted by atomic mass is 32.2.